The van der Waals surface area contributed by atoms with Crippen LogP contribution in [-0.4, -0.2) is 6.54 Å². The summed E-state index contributed by atoms with van der Waals surface area (Å²) in [6, 6.07) is 10.8. The molecule has 0 aliphatic rings. The van der Waals surface area contributed by atoms with Gasteiger partial charge in [0, 0.05) is 6.04 Å². The van der Waals surface area contributed by atoms with Crippen LogP contribution in [-0.2, 0) is 6.42 Å². The van der Waals surface area contributed by atoms with Gasteiger partial charge >= 0.3 is 0 Å². The zero-order chi connectivity index (χ0) is 13.8. The fraction of sp³-hybridized carbons (Fsp3) is 0.333. The molecule has 2 rings (SSSR count). The monoisotopic (exact) mass is 313 g/mol. The number of hydrogen-bond acceptors (Lipinski definition) is 2. The van der Waals surface area contributed by atoms with E-state index in [0.717, 1.165) is 27.2 Å². The van der Waals surface area contributed by atoms with Gasteiger partial charge in [-0.05, 0) is 44.0 Å². The summed E-state index contributed by atoms with van der Waals surface area (Å²) in [4.78, 5) is 0. The zero-order valence-corrected chi connectivity index (χ0v) is 13.4. The average Bonchev–Trinajstić information content (AvgIpc) is 2.68. The predicted molar refractivity (Wildman–Crippen MR) is 85.6 cm³/mol. The van der Waals surface area contributed by atoms with Crippen LogP contribution in [0.25, 0.3) is 0 Å². The maximum absolute atomic E-state index is 6.15. The Morgan fingerprint density at radius 1 is 1.26 bits per heavy atom. The van der Waals surface area contributed by atoms with Crippen molar-refractivity contribution in [3.8, 4) is 0 Å². The molecule has 0 bridgehead atoms. The lowest BCUT2D eigenvalue weighted by Gasteiger charge is -2.13. The third-order valence-electron chi connectivity index (χ3n) is 3.10. The first-order valence-corrected chi connectivity index (χ1v) is 7.87. The average molecular weight is 314 g/mol. The van der Waals surface area contributed by atoms with Crippen molar-refractivity contribution >= 4 is 34.5 Å². The van der Waals surface area contributed by atoms with Gasteiger partial charge in [-0.1, -0.05) is 53.0 Å². The molecule has 0 spiro atoms. The third kappa shape index (κ3) is 4.22. The SMILES string of the molecule is Cc1cccc(CCNC(C)c2cc(Cl)sc2Cl)c1. The standard InChI is InChI=1S/C15H17Cl2NS/c1-10-4-3-5-12(8-10)6-7-18-11(2)13-9-14(16)19-15(13)17/h3-5,8-9,11,18H,6-7H2,1-2H3. The highest BCUT2D eigenvalue weighted by Gasteiger charge is 2.12. The minimum absolute atomic E-state index is 0.223. The lowest BCUT2D eigenvalue weighted by atomic mass is 10.1. The molecule has 1 aromatic heterocycles. The second-order valence-corrected chi connectivity index (χ2v) is 6.98. The van der Waals surface area contributed by atoms with Gasteiger partial charge < -0.3 is 5.32 Å². The van der Waals surface area contributed by atoms with Crippen LogP contribution in [0.2, 0.25) is 8.67 Å². The molecule has 0 aliphatic carbocycles. The largest absolute Gasteiger partial charge is 0.310 e. The maximum atomic E-state index is 6.15. The van der Waals surface area contributed by atoms with Crippen molar-refractivity contribution in [1.29, 1.82) is 0 Å². The van der Waals surface area contributed by atoms with E-state index in [1.165, 1.54) is 22.5 Å². The van der Waals surface area contributed by atoms with Crippen molar-refractivity contribution in [2.24, 2.45) is 0 Å². The third-order valence-corrected chi connectivity index (χ3v) is 4.61. The number of hydrogen-bond donors (Lipinski definition) is 1. The van der Waals surface area contributed by atoms with Crippen LogP contribution < -0.4 is 5.32 Å². The van der Waals surface area contributed by atoms with Crippen molar-refractivity contribution in [2.45, 2.75) is 26.3 Å². The minimum Gasteiger partial charge on any atom is -0.310 e. The van der Waals surface area contributed by atoms with Crippen LogP contribution in [0.15, 0.2) is 30.3 Å². The Balaban J connectivity index is 1.87. The molecule has 19 heavy (non-hydrogen) atoms. The molecule has 0 saturated heterocycles. The fourth-order valence-electron chi connectivity index (χ4n) is 2.06. The van der Waals surface area contributed by atoms with E-state index in [4.69, 9.17) is 23.2 Å². The summed E-state index contributed by atoms with van der Waals surface area (Å²) in [6.07, 6.45) is 1.02. The number of halogens is 2. The van der Waals surface area contributed by atoms with Crippen molar-refractivity contribution in [1.82, 2.24) is 5.32 Å². The quantitative estimate of drug-likeness (QED) is 0.794. The Labute approximate surface area is 128 Å². The Morgan fingerprint density at radius 3 is 2.68 bits per heavy atom. The van der Waals surface area contributed by atoms with Crippen molar-refractivity contribution < 1.29 is 0 Å². The van der Waals surface area contributed by atoms with E-state index in [1.54, 1.807) is 0 Å². The van der Waals surface area contributed by atoms with E-state index in [-0.39, 0.29) is 6.04 Å². The molecule has 1 nitrogen and oxygen atoms in total. The molecule has 0 saturated carbocycles. The molecule has 0 amide bonds. The molecule has 0 aliphatic heterocycles. The first kappa shape index (κ1) is 14.9. The van der Waals surface area contributed by atoms with Gasteiger partial charge in [-0.25, -0.2) is 0 Å². The van der Waals surface area contributed by atoms with E-state index in [0.29, 0.717) is 0 Å². The topological polar surface area (TPSA) is 12.0 Å². The number of nitrogens with one attached hydrogen (secondary N) is 1. The van der Waals surface area contributed by atoms with Gasteiger partial charge in [-0.3, -0.25) is 0 Å². The number of benzene rings is 1. The summed E-state index contributed by atoms with van der Waals surface area (Å²) in [5, 5.41) is 3.48. The van der Waals surface area contributed by atoms with Crippen LogP contribution in [0.4, 0.5) is 0 Å². The van der Waals surface area contributed by atoms with Crippen LogP contribution in [0.3, 0.4) is 0 Å². The summed E-state index contributed by atoms with van der Waals surface area (Å²) in [5.74, 6) is 0. The highest BCUT2D eigenvalue weighted by atomic mass is 35.5. The Bertz CT molecular complexity index is 551. The van der Waals surface area contributed by atoms with Crippen LogP contribution >= 0.6 is 34.5 Å². The number of thiophene rings is 1. The zero-order valence-electron chi connectivity index (χ0n) is 11.0. The summed E-state index contributed by atoms with van der Waals surface area (Å²) >= 11 is 13.5. The second-order valence-electron chi connectivity index (χ2n) is 4.69. The Morgan fingerprint density at radius 2 is 2.05 bits per heavy atom. The molecule has 102 valence electrons. The normalized spacial score (nSPS) is 12.6. The molecule has 1 N–H and O–H groups in total. The molecule has 0 fully saturated rings. The molecule has 4 heteroatoms. The summed E-state index contributed by atoms with van der Waals surface area (Å²) in [6.45, 7) is 5.15. The van der Waals surface area contributed by atoms with Crippen LogP contribution in [0, 0.1) is 6.92 Å². The highest BCUT2D eigenvalue weighted by Crippen LogP contribution is 2.34. The van der Waals surface area contributed by atoms with E-state index in [2.05, 4.69) is 43.4 Å². The van der Waals surface area contributed by atoms with Gasteiger partial charge in [0.15, 0.2) is 0 Å². The van der Waals surface area contributed by atoms with Crippen molar-refractivity contribution in [3.05, 3.63) is 55.7 Å². The molecule has 1 unspecified atom stereocenters. The van der Waals surface area contributed by atoms with Crippen LogP contribution in [0.5, 0.6) is 0 Å². The van der Waals surface area contributed by atoms with Gasteiger partial charge in [-0.15, -0.1) is 11.3 Å². The Hall–Kier alpha value is -0.540. The molecule has 2 aromatic rings. The smallest absolute Gasteiger partial charge is 0.0991 e. The molecule has 0 radical (unpaired) electrons. The van der Waals surface area contributed by atoms with E-state index in [1.807, 2.05) is 6.07 Å². The van der Waals surface area contributed by atoms with E-state index < -0.39 is 0 Å². The van der Waals surface area contributed by atoms with Gasteiger partial charge in [0.25, 0.3) is 0 Å². The minimum atomic E-state index is 0.223. The first-order chi connectivity index (χ1) is 9.06. The lowest BCUT2D eigenvalue weighted by Crippen LogP contribution is -2.21. The van der Waals surface area contributed by atoms with Gasteiger partial charge in [0.2, 0.25) is 0 Å². The van der Waals surface area contributed by atoms with E-state index in [9.17, 15) is 0 Å². The van der Waals surface area contributed by atoms with Crippen molar-refractivity contribution in [3.63, 3.8) is 0 Å². The Kier molecular flexibility index (Phi) is 5.28. The van der Waals surface area contributed by atoms with Gasteiger partial charge in [0.05, 0.1) is 8.67 Å². The predicted octanol–water partition coefficient (Wildman–Crippen LogP) is 5.26. The first-order valence-electron chi connectivity index (χ1n) is 6.30. The number of aryl methyl sites for hydroxylation is 1. The molecule has 1 heterocycles. The van der Waals surface area contributed by atoms with Gasteiger partial charge in [0.1, 0.15) is 0 Å². The summed E-state index contributed by atoms with van der Waals surface area (Å²) in [5.41, 5.74) is 3.74. The molecular formula is C15H17Cl2NS. The maximum Gasteiger partial charge on any atom is 0.0991 e. The van der Waals surface area contributed by atoms with Crippen LogP contribution in [0.1, 0.15) is 29.7 Å². The molecular weight excluding hydrogens is 297 g/mol. The highest BCUT2D eigenvalue weighted by molar-refractivity contribution is 7.20. The summed E-state index contributed by atoms with van der Waals surface area (Å²) < 4.78 is 1.52. The van der Waals surface area contributed by atoms with Gasteiger partial charge in [-0.2, -0.15) is 0 Å². The summed E-state index contributed by atoms with van der Waals surface area (Å²) in [7, 11) is 0. The number of rotatable bonds is 5. The molecule has 1 atom stereocenters. The fourth-order valence-corrected chi connectivity index (χ4v) is 3.70. The lowest BCUT2D eigenvalue weighted by molar-refractivity contribution is 0.578. The second kappa shape index (κ2) is 6.76. The van der Waals surface area contributed by atoms with E-state index >= 15 is 0 Å². The molecule has 1 aromatic carbocycles. The van der Waals surface area contributed by atoms with Crippen molar-refractivity contribution in [2.75, 3.05) is 6.54 Å².